The maximum atomic E-state index is 12.3. The number of nitroso groups, excluding NO2 is 1. The third-order valence-electron chi connectivity index (χ3n) is 2.89. The fourth-order valence-corrected chi connectivity index (χ4v) is 3.85. The van der Waals surface area contributed by atoms with Crippen LogP contribution in [-0.4, -0.2) is 19.4 Å². The third kappa shape index (κ3) is 3.83. The number of nitrogens with two attached hydrogens (primary N) is 2. The van der Waals surface area contributed by atoms with Crippen molar-refractivity contribution in [3.63, 3.8) is 0 Å². The molecule has 2 rings (SSSR count). The summed E-state index contributed by atoms with van der Waals surface area (Å²) >= 11 is 1.06. The molecule has 0 spiro atoms. The minimum atomic E-state index is -3.81. The van der Waals surface area contributed by atoms with Crippen LogP contribution >= 0.6 is 11.3 Å². The number of carbonyl (C=O) groups excluding carboxylic acids is 1. The van der Waals surface area contributed by atoms with Crippen molar-refractivity contribution in [3.05, 3.63) is 58.3 Å². The number of thiophene rings is 1. The standard InChI is InChI=1S/C13H13N5O4S2/c14-17(16-20)12(19)8-5-10-3-6-11(7-4-10)18(15)24(21,22)13-2-1-9-23-13/h1-9H,14-15H2/b8-5+. The highest BCUT2D eigenvalue weighted by Crippen LogP contribution is 2.24. The van der Waals surface area contributed by atoms with Crippen molar-refractivity contribution in [2.45, 2.75) is 4.21 Å². The van der Waals surface area contributed by atoms with Gasteiger partial charge in [0, 0.05) is 6.08 Å². The molecule has 0 aliphatic rings. The van der Waals surface area contributed by atoms with E-state index < -0.39 is 15.9 Å². The van der Waals surface area contributed by atoms with E-state index >= 15 is 0 Å². The highest BCUT2D eigenvalue weighted by atomic mass is 32.2. The summed E-state index contributed by atoms with van der Waals surface area (Å²) in [7, 11) is -3.81. The van der Waals surface area contributed by atoms with Crippen LogP contribution in [0.5, 0.6) is 0 Å². The molecule has 0 fully saturated rings. The summed E-state index contributed by atoms with van der Waals surface area (Å²) < 4.78 is 25.4. The van der Waals surface area contributed by atoms with Crippen LogP contribution in [0.25, 0.3) is 6.08 Å². The van der Waals surface area contributed by atoms with Gasteiger partial charge in [-0.05, 0) is 35.2 Å². The molecule has 0 saturated heterocycles. The minimum absolute atomic E-state index is 0.129. The van der Waals surface area contributed by atoms with Crippen molar-refractivity contribution in [2.75, 3.05) is 4.41 Å². The van der Waals surface area contributed by atoms with Gasteiger partial charge < -0.3 is 0 Å². The van der Waals surface area contributed by atoms with Crippen molar-refractivity contribution < 1.29 is 13.2 Å². The number of amides is 1. The molecule has 1 amide bonds. The van der Waals surface area contributed by atoms with E-state index in [-0.39, 0.29) is 15.0 Å². The monoisotopic (exact) mass is 367 g/mol. The first-order valence-corrected chi connectivity index (χ1v) is 8.72. The molecule has 0 radical (unpaired) electrons. The molecule has 0 atom stereocenters. The zero-order valence-electron chi connectivity index (χ0n) is 12.1. The van der Waals surface area contributed by atoms with E-state index in [9.17, 15) is 18.1 Å². The smallest absolute Gasteiger partial charge is 0.266 e. The molecule has 2 aromatic rings. The Balaban J connectivity index is 2.16. The van der Waals surface area contributed by atoms with Crippen molar-refractivity contribution in [2.24, 2.45) is 17.0 Å². The second kappa shape index (κ2) is 7.31. The second-order valence-electron chi connectivity index (χ2n) is 4.42. The summed E-state index contributed by atoms with van der Waals surface area (Å²) in [4.78, 5) is 21.4. The average molecular weight is 367 g/mol. The molecule has 24 heavy (non-hydrogen) atoms. The Morgan fingerprint density at radius 3 is 2.38 bits per heavy atom. The second-order valence-corrected chi connectivity index (χ2v) is 7.41. The number of carbonyl (C=O) groups is 1. The molecule has 1 aromatic heterocycles. The summed E-state index contributed by atoms with van der Waals surface area (Å²) in [5, 5.41) is 4.05. The van der Waals surface area contributed by atoms with Crippen molar-refractivity contribution in [1.82, 2.24) is 5.12 Å². The van der Waals surface area contributed by atoms with Crippen LogP contribution < -0.4 is 16.1 Å². The summed E-state index contributed by atoms with van der Waals surface area (Å²) in [5.74, 6) is 9.91. The fourth-order valence-electron chi connectivity index (χ4n) is 1.66. The van der Waals surface area contributed by atoms with Gasteiger partial charge in [0.25, 0.3) is 15.9 Å². The molecule has 1 aromatic carbocycles. The van der Waals surface area contributed by atoms with Crippen LogP contribution in [0.15, 0.2) is 57.3 Å². The zero-order chi connectivity index (χ0) is 17.7. The first-order valence-electron chi connectivity index (χ1n) is 6.40. The maximum absolute atomic E-state index is 12.3. The van der Waals surface area contributed by atoms with Gasteiger partial charge in [0.15, 0.2) is 0 Å². The van der Waals surface area contributed by atoms with E-state index in [1.165, 1.54) is 24.3 Å². The number of anilines is 1. The van der Waals surface area contributed by atoms with Crippen LogP contribution in [0.3, 0.4) is 0 Å². The molecule has 0 aliphatic heterocycles. The quantitative estimate of drug-likeness (QED) is 0.259. The largest absolute Gasteiger partial charge is 0.287 e. The molecule has 9 nitrogen and oxygen atoms in total. The van der Waals surface area contributed by atoms with Crippen LogP contribution in [0.1, 0.15) is 5.56 Å². The lowest BCUT2D eigenvalue weighted by atomic mass is 10.2. The van der Waals surface area contributed by atoms with Gasteiger partial charge in [0.05, 0.1) is 11.0 Å². The molecule has 1 heterocycles. The number of rotatable bonds is 6. The van der Waals surface area contributed by atoms with Crippen molar-refractivity contribution >= 4 is 39.0 Å². The molecule has 0 bridgehead atoms. The Hall–Kier alpha value is -2.60. The van der Waals surface area contributed by atoms with E-state index in [2.05, 4.69) is 5.29 Å². The van der Waals surface area contributed by atoms with Crippen LogP contribution in [0.2, 0.25) is 0 Å². The average Bonchev–Trinajstić information content (AvgIpc) is 3.14. The van der Waals surface area contributed by atoms with Gasteiger partial charge in [-0.15, -0.1) is 21.4 Å². The zero-order valence-corrected chi connectivity index (χ0v) is 13.8. The molecule has 0 aliphatic carbocycles. The number of nitrogens with zero attached hydrogens (tertiary/aromatic N) is 3. The van der Waals surface area contributed by atoms with E-state index in [0.717, 1.165) is 17.4 Å². The van der Waals surface area contributed by atoms with Gasteiger partial charge in [-0.1, -0.05) is 18.2 Å². The Kier molecular flexibility index (Phi) is 5.41. The van der Waals surface area contributed by atoms with E-state index in [1.807, 2.05) is 0 Å². The summed E-state index contributed by atoms with van der Waals surface area (Å²) in [6.45, 7) is 0. The fraction of sp³-hybridized carbons (Fsp3) is 0. The lowest BCUT2D eigenvalue weighted by Gasteiger charge is -2.17. The minimum Gasteiger partial charge on any atom is -0.266 e. The van der Waals surface area contributed by atoms with E-state index in [0.29, 0.717) is 9.98 Å². The first-order chi connectivity index (χ1) is 11.4. The Labute approximate surface area is 141 Å². The van der Waals surface area contributed by atoms with E-state index in [4.69, 9.17) is 11.7 Å². The van der Waals surface area contributed by atoms with Gasteiger partial charge in [-0.2, -0.15) is 8.42 Å². The summed E-state index contributed by atoms with van der Waals surface area (Å²) in [6.07, 6.45) is 2.45. The number of sulfonamides is 1. The van der Waals surface area contributed by atoms with Gasteiger partial charge in [-0.3, -0.25) is 4.79 Å². The Bertz CT molecular complexity index is 847. The normalized spacial score (nSPS) is 11.4. The van der Waals surface area contributed by atoms with Crippen molar-refractivity contribution in [1.29, 1.82) is 0 Å². The van der Waals surface area contributed by atoms with Crippen LogP contribution in [0.4, 0.5) is 5.69 Å². The van der Waals surface area contributed by atoms with Gasteiger partial charge in [0.2, 0.25) is 0 Å². The van der Waals surface area contributed by atoms with Gasteiger partial charge in [0.1, 0.15) is 4.21 Å². The highest BCUT2D eigenvalue weighted by molar-refractivity contribution is 7.94. The molecule has 126 valence electrons. The highest BCUT2D eigenvalue weighted by Gasteiger charge is 2.22. The number of benzene rings is 1. The molecule has 0 unspecified atom stereocenters. The van der Waals surface area contributed by atoms with Crippen LogP contribution in [-0.2, 0) is 14.8 Å². The van der Waals surface area contributed by atoms with Gasteiger partial charge in [-0.25, -0.2) is 16.1 Å². The first kappa shape index (κ1) is 17.7. The van der Waals surface area contributed by atoms with Crippen LogP contribution in [0, 0.1) is 4.91 Å². The molecular formula is C13H13N5O4S2. The summed E-state index contributed by atoms with van der Waals surface area (Å²) in [6, 6.07) is 9.14. The SMILES string of the molecule is NN(N=O)C(=O)/C=C/c1ccc(N(N)S(=O)(=O)c2cccs2)cc1. The maximum Gasteiger partial charge on any atom is 0.287 e. The molecule has 0 saturated carbocycles. The Morgan fingerprint density at radius 2 is 1.83 bits per heavy atom. The number of hydrogen-bond acceptors (Lipinski definition) is 8. The lowest BCUT2D eigenvalue weighted by molar-refractivity contribution is -0.126. The van der Waals surface area contributed by atoms with E-state index in [1.54, 1.807) is 23.6 Å². The topological polar surface area (TPSA) is 139 Å². The predicted octanol–water partition coefficient (Wildman–Crippen LogP) is 1.21. The lowest BCUT2D eigenvalue weighted by Crippen LogP contribution is -2.36. The Morgan fingerprint density at radius 1 is 1.17 bits per heavy atom. The van der Waals surface area contributed by atoms with Gasteiger partial charge >= 0.3 is 0 Å². The number of hydrogen-bond donors (Lipinski definition) is 2. The predicted molar refractivity (Wildman–Crippen MR) is 90.5 cm³/mol. The molecule has 4 N–H and O–H groups in total. The summed E-state index contributed by atoms with van der Waals surface area (Å²) in [5.41, 5.74) is 0.829. The third-order valence-corrected chi connectivity index (χ3v) is 5.84. The van der Waals surface area contributed by atoms with Crippen molar-refractivity contribution in [3.8, 4) is 0 Å². The molecular weight excluding hydrogens is 354 g/mol. The number of hydrazine groups is 2. The molecule has 11 heteroatoms.